The number of nitrogens with zero attached hydrogens (tertiary/aromatic N) is 4. The molecule has 34 heavy (non-hydrogen) atoms. The Labute approximate surface area is 212 Å². The molecule has 2 aromatic carbocycles. The lowest BCUT2D eigenvalue weighted by Gasteiger charge is -2.53. The number of carbonyl (C=O) groups excluding carboxylic acids is 2. The number of hydrazone groups is 1. The third-order valence-electron chi connectivity index (χ3n) is 6.86. The fourth-order valence-corrected chi connectivity index (χ4v) is 5.64. The van der Waals surface area contributed by atoms with Gasteiger partial charge in [0, 0.05) is 35.8 Å². The molecular weight excluding hydrogens is 547 g/mol. The highest BCUT2D eigenvalue weighted by Crippen LogP contribution is 2.47. The number of benzene rings is 2. The average molecular weight is 574 g/mol. The van der Waals surface area contributed by atoms with Crippen molar-refractivity contribution in [2.45, 2.75) is 19.0 Å². The number of anilines is 2. The van der Waals surface area contributed by atoms with Crippen molar-refractivity contribution in [3.8, 4) is 5.75 Å². The Hall–Kier alpha value is -2.50. The van der Waals surface area contributed by atoms with Crippen LogP contribution in [-0.4, -0.2) is 67.9 Å². The molecule has 8 nitrogen and oxygen atoms in total. The maximum atomic E-state index is 14.6. The van der Waals surface area contributed by atoms with Crippen LogP contribution in [0.1, 0.15) is 13.3 Å². The van der Waals surface area contributed by atoms with E-state index in [1.54, 1.807) is 12.1 Å². The van der Waals surface area contributed by atoms with Crippen LogP contribution in [0.2, 0.25) is 0 Å². The van der Waals surface area contributed by atoms with Gasteiger partial charge in [0.1, 0.15) is 11.5 Å². The molecule has 2 fully saturated rings. The molecule has 0 radical (unpaired) electrons. The zero-order valence-corrected chi connectivity index (χ0v) is 21.4. The molecular formula is C25H27IN4O4. The van der Waals surface area contributed by atoms with Gasteiger partial charge in [-0.15, -0.1) is 0 Å². The van der Waals surface area contributed by atoms with E-state index in [0.29, 0.717) is 50.7 Å². The van der Waals surface area contributed by atoms with E-state index in [1.807, 2.05) is 53.4 Å². The molecule has 0 aliphatic carbocycles. The summed E-state index contributed by atoms with van der Waals surface area (Å²) in [5.41, 5.74) is 0.910. The second kappa shape index (κ2) is 9.27. The molecule has 1 amide bonds. The number of Topliss-reactive ketones (excluding diaryl/α,β-unsaturated/α-hetero) is 1. The van der Waals surface area contributed by atoms with Crippen LogP contribution in [0.25, 0.3) is 0 Å². The number of hydrogen-bond donors (Lipinski definition) is 0. The minimum absolute atomic E-state index is 0.0670. The number of piperidine rings is 1. The molecule has 0 saturated carbocycles. The van der Waals surface area contributed by atoms with Gasteiger partial charge in [0.25, 0.3) is 5.91 Å². The van der Waals surface area contributed by atoms with Gasteiger partial charge in [-0.3, -0.25) is 14.5 Å². The zero-order chi connectivity index (χ0) is 23.9. The minimum atomic E-state index is -1.14. The molecule has 0 bridgehead atoms. The van der Waals surface area contributed by atoms with Crippen molar-refractivity contribution in [3.63, 3.8) is 0 Å². The predicted molar refractivity (Wildman–Crippen MR) is 138 cm³/mol. The fourth-order valence-electron chi connectivity index (χ4n) is 5.28. The number of halogens is 1. The van der Waals surface area contributed by atoms with E-state index in [0.717, 1.165) is 14.9 Å². The highest BCUT2D eigenvalue weighted by molar-refractivity contribution is 14.1. The maximum absolute atomic E-state index is 14.6. The summed E-state index contributed by atoms with van der Waals surface area (Å²) < 4.78 is 12.1. The molecule has 3 aliphatic rings. The smallest absolute Gasteiger partial charge is 0.270 e. The SMILES string of the molecule is COc1ccc(N2N=C(C(C)=O)[C@@H]3CCN(c4ccc(I)cc4)C(=O)[C@@]32N2CCOCC2)cc1. The molecule has 3 aliphatic heterocycles. The van der Waals surface area contributed by atoms with Crippen LogP contribution < -0.4 is 14.6 Å². The Bertz CT molecular complexity index is 1110. The Morgan fingerprint density at radius 2 is 1.71 bits per heavy atom. The van der Waals surface area contributed by atoms with E-state index in [1.165, 1.54) is 6.92 Å². The molecule has 3 heterocycles. The number of carbonyl (C=O) groups is 2. The van der Waals surface area contributed by atoms with Crippen molar-refractivity contribution < 1.29 is 19.1 Å². The fraction of sp³-hybridized carbons (Fsp3) is 0.400. The molecule has 5 rings (SSSR count). The van der Waals surface area contributed by atoms with Gasteiger partial charge in [-0.1, -0.05) is 0 Å². The van der Waals surface area contributed by atoms with Gasteiger partial charge in [-0.05, 0) is 77.5 Å². The van der Waals surface area contributed by atoms with Crippen molar-refractivity contribution >= 4 is 51.4 Å². The van der Waals surface area contributed by atoms with E-state index in [2.05, 4.69) is 27.5 Å². The molecule has 2 aromatic rings. The number of hydrogen-bond acceptors (Lipinski definition) is 7. The Morgan fingerprint density at radius 1 is 1.06 bits per heavy atom. The molecule has 0 unspecified atom stereocenters. The lowest BCUT2D eigenvalue weighted by Crippen LogP contribution is -2.74. The first-order valence-electron chi connectivity index (χ1n) is 11.4. The maximum Gasteiger partial charge on any atom is 0.270 e. The summed E-state index contributed by atoms with van der Waals surface area (Å²) in [5.74, 6) is 0.209. The third-order valence-corrected chi connectivity index (χ3v) is 7.58. The largest absolute Gasteiger partial charge is 0.497 e. The van der Waals surface area contributed by atoms with Gasteiger partial charge < -0.3 is 14.4 Å². The monoisotopic (exact) mass is 574 g/mol. The number of ketones is 1. The first kappa shape index (κ1) is 23.3. The van der Waals surface area contributed by atoms with Gasteiger partial charge in [0.2, 0.25) is 5.66 Å². The van der Waals surface area contributed by atoms with Crippen molar-refractivity contribution in [1.29, 1.82) is 0 Å². The standard InChI is InChI=1S/C25H27IN4O4/c1-17(31)23-22-11-12-29(19-5-3-18(26)4-6-19)24(32)25(22,28-13-15-34-16-14-28)30(27-23)20-7-9-21(33-2)10-8-20/h3-10,22H,11-16H2,1-2H3/t22-,25+/m0/s1. The Kier molecular flexibility index (Phi) is 6.34. The van der Waals surface area contributed by atoms with Crippen LogP contribution in [0.3, 0.4) is 0 Å². The molecule has 0 aromatic heterocycles. The summed E-state index contributed by atoms with van der Waals surface area (Å²) >= 11 is 2.26. The van der Waals surface area contributed by atoms with Crippen LogP contribution in [0, 0.1) is 9.49 Å². The first-order chi connectivity index (χ1) is 16.5. The number of rotatable bonds is 5. The number of fused-ring (bicyclic) bond motifs is 1. The van der Waals surface area contributed by atoms with Crippen LogP contribution in [0.4, 0.5) is 11.4 Å². The van der Waals surface area contributed by atoms with Gasteiger partial charge in [-0.25, -0.2) is 5.01 Å². The second-order valence-corrected chi connectivity index (χ2v) is 9.90. The zero-order valence-electron chi connectivity index (χ0n) is 19.2. The van der Waals surface area contributed by atoms with Gasteiger partial charge in [0.05, 0.1) is 31.9 Å². The number of amides is 1. The Balaban J connectivity index is 1.67. The normalized spacial score (nSPS) is 25.2. The number of methoxy groups -OCH3 is 1. The summed E-state index contributed by atoms with van der Waals surface area (Å²) in [4.78, 5) is 31.3. The quantitative estimate of drug-likeness (QED) is 0.512. The van der Waals surface area contributed by atoms with E-state index in [4.69, 9.17) is 14.6 Å². The lowest BCUT2D eigenvalue weighted by atomic mass is 9.78. The summed E-state index contributed by atoms with van der Waals surface area (Å²) in [6.07, 6.45) is 0.639. The lowest BCUT2D eigenvalue weighted by molar-refractivity contribution is -0.139. The molecule has 2 atom stereocenters. The molecule has 9 heteroatoms. The van der Waals surface area contributed by atoms with Crippen molar-refractivity contribution in [1.82, 2.24) is 4.90 Å². The average Bonchev–Trinajstić information content (AvgIpc) is 3.23. The van der Waals surface area contributed by atoms with Gasteiger partial charge >= 0.3 is 0 Å². The number of ether oxygens (including phenoxy) is 2. The summed E-state index contributed by atoms with van der Waals surface area (Å²) in [7, 11) is 1.62. The van der Waals surface area contributed by atoms with E-state index < -0.39 is 5.66 Å². The minimum Gasteiger partial charge on any atom is -0.497 e. The molecule has 2 saturated heterocycles. The topological polar surface area (TPSA) is 74.7 Å². The van der Waals surface area contributed by atoms with Crippen LogP contribution in [0.15, 0.2) is 53.6 Å². The van der Waals surface area contributed by atoms with E-state index in [-0.39, 0.29) is 17.6 Å². The first-order valence-corrected chi connectivity index (χ1v) is 12.5. The van der Waals surface area contributed by atoms with Crippen LogP contribution >= 0.6 is 22.6 Å². The van der Waals surface area contributed by atoms with Crippen LogP contribution in [0.5, 0.6) is 5.75 Å². The summed E-state index contributed by atoms with van der Waals surface area (Å²) in [6, 6.07) is 15.4. The predicted octanol–water partition coefficient (Wildman–Crippen LogP) is 3.15. The molecule has 0 spiro atoms. The Morgan fingerprint density at radius 3 is 2.32 bits per heavy atom. The van der Waals surface area contributed by atoms with E-state index in [9.17, 15) is 9.59 Å². The highest BCUT2D eigenvalue weighted by Gasteiger charge is 2.64. The summed E-state index contributed by atoms with van der Waals surface area (Å²) in [6.45, 7) is 4.27. The van der Waals surface area contributed by atoms with Gasteiger partial charge in [0.15, 0.2) is 5.78 Å². The van der Waals surface area contributed by atoms with Crippen molar-refractivity contribution in [3.05, 3.63) is 52.1 Å². The van der Waals surface area contributed by atoms with E-state index >= 15 is 0 Å². The second-order valence-electron chi connectivity index (χ2n) is 8.65. The molecule has 178 valence electrons. The van der Waals surface area contributed by atoms with Crippen molar-refractivity contribution in [2.75, 3.05) is 49.9 Å². The number of morpholine rings is 1. The third kappa shape index (κ3) is 3.70. The molecule has 0 N–H and O–H groups in total. The van der Waals surface area contributed by atoms with Gasteiger partial charge in [-0.2, -0.15) is 5.10 Å². The highest BCUT2D eigenvalue weighted by atomic mass is 127. The summed E-state index contributed by atoms with van der Waals surface area (Å²) in [5, 5.41) is 6.60. The van der Waals surface area contributed by atoms with Crippen molar-refractivity contribution in [2.24, 2.45) is 11.0 Å². The van der Waals surface area contributed by atoms with Crippen LogP contribution in [-0.2, 0) is 14.3 Å².